The maximum atomic E-state index is 13.6. The van der Waals surface area contributed by atoms with Crippen LogP contribution in [0.3, 0.4) is 0 Å². The summed E-state index contributed by atoms with van der Waals surface area (Å²) in [4.78, 5) is 0. The molecule has 1 rings (SSSR count). The Morgan fingerprint density at radius 2 is 1.05 bits per heavy atom. The summed E-state index contributed by atoms with van der Waals surface area (Å²) in [5, 5.41) is 1.19. The predicted octanol–water partition coefficient (Wildman–Crippen LogP) is 5.06. The molecule has 0 aromatic heterocycles. The van der Waals surface area contributed by atoms with Crippen LogP contribution < -0.4 is 3.79 Å². The topological polar surface area (TPSA) is 9.23 Å². The second kappa shape index (κ2) is 7.46. The average Bonchev–Trinajstić information content (AvgIpc) is 2.37. The molecule has 0 bridgehead atoms. The van der Waals surface area contributed by atoms with E-state index in [1.54, 1.807) is 0 Å². The first kappa shape index (κ1) is 18.3. The monoisotopic (exact) mass is 324 g/mol. The van der Waals surface area contributed by atoms with Crippen molar-refractivity contribution in [2.24, 2.45) is 11.8 Å². The van der Waals surface area contributed by atoms with Gasteiger partial charge in [0.2, 0.25) is 29.1 Å². The summed E-state index contributed by atoms with van der Waals surface area (Å²) in [5.74, 6) is -10.6. The molecule has 0 saturated carbocycles. The summed E-state index contributed by atoms with van der Waals surface area (Å²) < 4.78 is 71.8. The highest BCUT2D eigenvalue weighted by atomic mass is 27.2. The first-order valence-corrected chi connectivity index (χ1v) is 8.93. The van der Waals surface area contributed by atoms with Gasteiger partial charge in [-0.1, -0.05) is 50.1 Å². The van der Waals surface area contributed by atoms with Crippen LogP contribution in [0, 0.1) is 40.9 Å². The molecule has 1 aromatic carbocycles. The van der Waals surface area contributed by atoms with Crippen LogP contribution in [0.1, 0.15) is 27.7 Å². The quantitative estimate of drug-likeness (QED) is 0.307. The normalized spacial score (nSPS) is 11.4. The Hall–Kier alpha value is -0.798. The summed E-state index contributed by atoms with van der Waals surface area (Å²) >= 11 is -2.12. The lowest BCUT2D eigenvalue weighted by atomic mass is 10.3. The molecular weight excluding hydrogens is 306 g/mol. The lowest BCUT2D eigenvalue weighted by molar-refractivity contribution is 0.346. The van der Waals surface area contributed by atoms with E-state index in [2.05, 4.69) is 0 Å². The third kappa shape index (κ3) is 4.59. The Balaban J connectivity index is 3.14. The van der Waals surface area contributed by atoms with Gasteiger partial charge in [0.15, 0.2) is 5.75 Å². The molecule has 118 valence electrons. The van der Waals surface area contributed by atoms with Gasteiger partial charge in [-0.2, -0.15) is 8.78 Å². The zero-order valence-electron chi connectivity index (χ0n) is 12.4. The highest BCUT2D eigenvalue weighted by molar-refractivity contribution is 6.52. The van der Waals surface area contributed by atoms with Gasteiger partial charge in [0.05, 0.1) is 0 Å². The van der Waals surface area contributed by atoms with Gasteiger partial charge in [0.25, 0.3) is 0 Å². The molecule has 0 aliphatic carbocycles. The number of benzene rings is 1. The minimum atomic E-state index is -2.16. The second-order valence-electron chi connectivity index (χ2n) is 5.90. The van der Waals surface area contributed by atoms with Gasteiger partial charge in [0.1, 0.15) is 0 Å². The summed E-state index contributed by atoms with van der Waals surface area (Å²) in [6.07, 6.45) is 0. The van der Waals surface area contributed by atoms with Crippen molar-refractivity contribution in [1.29, 1.82) is 0 Å². The SMILES string of the molecule is CC(C)[CH2][Al]([CH2]C(C)C)[O]c1c(F)c(F)c(F)c(F)c1F. The highest BCUT2D eigenvalue weighted by Crippen LogP contribution is 2.31. The molecule has 0 unspecified atom stereocenters. The molecule has 0 spiro atoms. The largest absolute Gasteiger partial charge is 0.638 e. The van der Waals surface area contributed by atoms with Gasteiger partial charge in [-0.05, 0) is 0 Å². The molecule has 0 aliphatic heterocycles. The molecular formula is C14H18AlF5O. The molecule has 0 fully saturated rings. The van der Waals surface area contributed by atoms with Crippen LogP contribution in [-0.4, -0.2) is 14.5 Å². The fourth-order valence-corrected chi connectivity index (χ4v) is 5.13. The summed E-state index contributed by atoms with van der Waals surface area (Å²) in [5.41, 5.74) is 0. The minimum absolute atomic E-state index is 0.224. The van der Waals surface area contributed by atoms with Crippen LogP contribution in [0.15, 0.2) is 0 Å². The Morgan fingerprint density at radius 3 is 1.38 bits per heavy atom. The summed E-state index contributed by atoms with van der Waals surface area (Å²) in [6, 6.07) is 0. The smallest absolute Gasteiger partial charge is 0.547 e. The second-order valence-corrected chi connectivity index (χ2v) is 8.32. The average molecular weight is 324 g/mol. The molecule has 21 heavy (non-hydrogen) atoms. The van der Waals surface area contributed by atoms with E-state index in [0.29, 0.717) is 10.6 Å². The Kier molecular flexibility index (Phi) is 6.48. The number of halogens is 5. The fourth-order valence-electron chi connectivity index (χ4n) is 2.10. The van der Waals surface area contributed by atoms with E-state index in [9.17, 15) is 22.0 Å². The van der Waals surface area contributed by atoms with Crippen LogP contribution in [0.4, 0.5) is 22.0 Å². The maximum Gasteiger partial charge on any atom is 0.547 e. The number of rotatable bonds is 6. The first-order valence-electron chi connectivity index (χ1n) is 6.83. The maximum absolute atomic E-state index is 13.6. The molecule has 1 nitrogen and oxygen atoms in total. The van der Waals surface area contributed by atoms with E-state index in [1.807, 2.05) is 27.7 Å². The van der Waals surface area contributed by atoms with E-state index in [1.165, 1.54) is 0 Å². The Bertz CT molecular complexity index is 466. The lowest BCUT2D eigenvalue weighted by Gasteiger charge is -2.19. The first-order chi connectivity index (χ1) is 9.65. The molecule has 0 atom stereocenters. The van der Waals surface area contributed by atoms with E-state index in [4.69, 9.17) is 3.79 Å². The van der Waals surface area contributed by atoms with E-state index < -0.39 is 49.3 Å². The standard InChI is InChI=1S/C6HF5O.2C4H9.Al/c7-1-2(8)4(10)6(12)5(11)3(1)9;2*1-4(2)3;/h12H;2*4H,1H2,2-3H3;/q;;;+1/p-1. The zero-order valence-corrected chi connectivity index (χ0v) is 13.6. The van der Waals surface area contributed by atoms with Crippen molar-refractivity contribution < 1.29 is 25.7 Å². The summed E-state index contributed by atoms with van der Waals surface area (Å²) in [6.45, 7) is 7.68. The highest BCUT2D eigenvalue weighted by Gasteiger charge is 2.32. The van der Waals surface area contributed by atoms with Gasteiger partial charge in [0, 0.05) is 0 Å². The zero-order chi connectivity index (χ0) is 16.3. The van der Waals surface area contributed by atoms with Crippen LogP contribution >= 0.6 is 0 Å². The van der Waals surface area contributed by atoms with Crippen LogP contribution in [-0.2, 0) is 0 Å². The predicted molar refractivity (Wildman–Crippen MR) is 71.9 cm³/mol. The van der Waals surface area contributed by atoms with Gasteiger partial charge < -0.3 is 3.79 Å². The van der Waals surface area contributed by atoms with E-state index >= 15 is 0 Å². The third-order valence-electron chi connectivity index (χ3n) is 2.92. The molecule has 0 heterocycles. The van der Waals surface area contributed by atoms with E-state index in [0.717, 1.165) is 0 Å². The Labute approximate surface area is 125 Å². The van der Waals surface area contributed by atoms with Crippen molar-refractivity contribution in [1.82, 2.24) is 0 Å². The van der Waals surface area contributed by atoms with Crippen LogP contribution in [0.2, 0.25) is 10.6 Å². The third-order valence-corrected chi connectivity index (χ3v) is 6.43. The molecule has 0 radical (unpaired) electrons. The van der Waals surface area contributed by atoms with Crippen LogP contribution in [0.25, 0.3) is 0 Å². The molecule has 0 amide bonds. The molecule has 0 saturated heterocycles. The van der Waals surface area contributed by atoms with Crippen molar-refractivity contribution in [2.45, 2.75) is 38.3 Å². The van der Waals surface area contributed by atoms with Gasteiger partial charge in [-0.3, -0.25) is 0 Å². The van der Waals surface area contributed by atoms with Crippen molar-refractivity contribution >= 4 is 14.5 Å². The van der Waals surface area contributed by atoms with Crippen molar-refractivity contribution in [3.8, 4) is 5.75 Å². The van der Waals surface area contributed by atoms with Gasteiger partial charge >= 0.3 is 14.5 Å². The van der Waals surface area contributed by atoms with E-state index in [-0.39, 0.29) is 11.8 Å². The number of hydrogen-bond donors (Lipinski definition) is 0. The minimum Gasteiger partial charge on any atom is -0.638 e. The Morgan fingerprint density at radius 1 is 0.714 bits per heavy atom. The molecule has 7 heteroatoms. The summed E-state index contributed by atoms with van der Waals surface area (Å²) in [7, 11) is 0. The van der Waals surface area contributed by atoms with Crippen molar-refractivity contribution in [2.75, 3.05) is 0 Å². The lowest BCUT2D eigenvalue weighted by Crippen LogP contribution is -2.27. The molecule has 1 aromatic rings. The molecule has 0 N–H and O–H groups in total. The van der Waals surface area contributed by atoms with Gasteiger partial charge in [-0.25, -0.2) is 13.2 Å². The molecule has 0 aliphatic rings. The number of hydrogen-bond acceptors (Lipinski definition) is 1. The fraction of sp³-hybridized carbons (Fsp3) is 0.571. The van der Waals surface area contributed by atoms with Crippen molar-refractivity contribution in [3.05, 3.63) is 29.1 Å². The van der Waals surface area contributed by atoms with Crippen LogP contribution in [0.5, 0.6) is 5.75 Å². The van der Waals surface area contributed by atoms with Gasteiger partial charge in [-0.15, -0.1) is 0 Å². The van der Waals surface area contributed by atoms with Crippen molar-refractivity contribution in [3.63, 3.8) is 0 Å².